The van der Waals surface area contributed by atoms with E-state index in [1.54, 1.807) is 56.0 Å². The third kappa shape index (κ3) is 1.87. The molecule has 0 aliphatic heterocycles. The van der Waals surface area contributed by atoms with Crippen molar-refractivity contribution in [3.63, 3.8) is 0 Å². The smallest absolute Gasteiger partial charge is 0.112 e. The van der Waals surface area contributed by atoms with Crippen molar-refractivity contribution < 1.29 is 5.11 Å². The maximum absolute atomic E-state index is 10.4. The highest BCUT2D eigenvalue weighted by molar-refractivity contribution is 5.32. The van der Waals surface area contributed by atoms with Crippen LogP contribution in [0.5, 0.6) is 0 Å². The summed E-state index contributed by atoms with van der Waals surface area (Å²) in [4.78, 5) is 7.86. The van der Waals surface area contributed by atoms with Gasteiger partial charge in [0.2, 0.25) is 0 Å². The molecule has 0 radical (unpaired) electrons. The van der Waals surface area contributed by atoms with E-state index in [2.05, 4.69) is 9.97 Å². The molecule has 0 fully saturated rings. The van der Waals surface area contributed by atoms with Crippen molar-refractivity contribution in [1.82, 2.24) is 9.97 Å². The molecule has 0 saturated heterocycles. The second kappa shape index (κ2) is 3.79. The first-order valence-electron chi connectivity index (χ1n) is 4.74. The molecule has 3 heteroatoms. The van der Waals surface area contributed by atoms with E-state index in [0.717, 1.165) is 11.1 Å². The molecule has 0 aliphatic rings. The molecule has 0 unspecified atom stereocenters. The van der Waals surface area contributed by atoms with Crippen LogP contribution in [-0.4, -0.2) is 15.1 Å². The first-order chi connectivity index (χ1) is 7.21. The van der Waals surface area contributed by atoms with E-state index in [1.807, 2.05) is 0 Å². The Balaban J connectivity index is 2.44. The fourth-order valence-corrected chi connectivity index (χ4v) is 1.52. The third-order valence-electron chi connectivity index (χ3n) is 2.48. The monoisotopic (exact) mass is 200 g/mol. The summed E-state index contributed by atoms with van der Waals surface area (Å²) in [7, 11) is 0. The lowest BCUT2D eigenvalue weighted by atomic mass is 9.90. The van der Waals surface area contributed by atoms with Crippen LogP contribution in [0.4, 0.5) is 0 Å². The molecule has 2 aromatic rings. The van der Waals surface area contributed by atoms with E-state index in [1.165, 1.54) is 0 Å². The van der Waals surface area contributed by atoms with Crippen LogP contribution in [-0.2, 0) is 5.60 Å². The molecule has 76 valence electrons. The minimum Gasteiger partial charge on any atom is -0.381 e. The lowest BCUT2D eigenvalue weighted by Crippen LogP contribution is -2.22. The molecule has 0 amide bonds. The average Bonchev–Trinajstić information content (AvgIpc) is 2.31. The van der Waals surface area contributed by atoms with Crippen molar-refractivity contribution in [2.75, 3.05) is 0 Å². The summed E-state index contributed by atoms with van der Waals surface area (Å²) in [6, 6.07) is 7.22. The van der Waals surface area contributed by atoms with E-state index in [-0.39, 0.29) is 0 Å². The molecule has 0 atom stereocenters. The Labute approximate surface area is 88.5 Å². The summed E-state index contributed by atoms with van der Waals surface area (Å²) in [6.07, 6.45) is 6.69. The number of aliphatic hydroxyl groups is 1. The molecule has 0 bridgehead atoms. The highest BCUT2D eigenvalue weighted by Gasteiger charge is 2.24. The van der Waals surface area contributed by atoms with E-state index >= 15 is 0 Å². The molecule has 1 N–H and O–H groups in total. The van der Waals surface area contributed by atoms with Crippen LogP contribution >= 0.6 is 0 Å². The summed E-state index contributed by atoms with van der Waals surface area (Å²) in [5.41, 5.74) is 0.652. The number of pyridine rings is 2. The predicted molar refractivity (Wildman–Crippen MR) is 57.1 cm³/mol. The summed E-state index contributed by atoms with van der Waals surface area (Å²) < 4.78 is 0. The van der Waals surface area contributed by atoms with Crippen molar-refractivity contribution in [2.45, 2.75) is 12.5 Å². The van der Waals surface area contributed by atoms with Gasteiger partial charge in [-0.2, -0.15) is 0 Å². The minimum absolute atomic E-state index is 0.823. The van der Waals surface area contributed by atoms with Crippen LogP contribution in [0.2, 0.25) is 0 Å². The van der Waals surface area contributed by atoms with Crippen LogP contribution in [0.25, 0.3) is 0 Å². The Kier molecular flexibility index (Phi) is 2.47. The fourth-order valence-electron chi connectivity index (χ4n) is 1.52. The molecule has 0 aliphatic carbocycles. The predicted octanol–water partition coefficient (Wildman–Crippen LogP) is 1.73. The van der Waals surface area contributed by atoms with Crippen LogP contribution in [0, 0.1) is 0 Å². The maximum Gasteiger partial charge on any atom is 0.112 e. The quantitative estimate of drug-likeness (QED) is 0.803. The van der Waals surface area contributed by atoms with Gasteiger partial charge < -0.3 is 5.11 Å². The van der Waals surface area contributed by atoms with Gasteiger partial charge >= 0.3 is 0 Å². The van der Waals surface area contributed by atoms with Gasteiger partial charge in [-0.25, -0.2) is 0 Å². The number of hydrogen-bond acceptors (Lipinski definition) is 3. The zero-order valence-corrected chi connectivity index (χ0v) is 8.46. The van der Waals surface area contributed by atoms with E-state index in [9.17, 15) is 5.11 Å². The SMILES string of the molecule is CC(O)(c1ccncc1)c1ccncc1. The highest BCUT2D eigenvalue weighted by Crippen LogP contribution is 2.27. The number of aromatic nitrogens is 2. The van der Waals surface area contributed by atoms with Gasteiger partial charge in [-0.05, 0) is 42.3 Å². The number of hydrogen-bond donors (Lipinski definition) is 1. The largest absolute Gasteiger partial charge is 0.381 e. The molecule has 3 nitrogen and oxygen atoms in total. The van der Waals surface area contributed by atoms with Crippen LogP contribution in [0.3, 0.4) is 0 Å². The fraction of sp³-hybridized carbons (Fsp3) is 0.167. The van der Waals surface area contributed by atoms with Crippen molar-refractivity contribution in [1.29, 1.82) is 0 Å². The molecule has 0 saturated carbocycles. The van der Waals surface area contributed by atoms with Gasteiger partial charge in [-0.3, -0.25) is 9.97 Å². The Bertz CT molecular complexity index is 384. The van der Waals surface area contributed by atoms with E-state index in [4.69, 9.17) is 0 Å². The van der Waals surface area contributed by atoms with Crippen molar-refractivity contribution in [2.24, 2.45) is 0 Å². The number of nitrogens with zero attached hydrogens (tertiary/aromatic N) is 2. The van der Waals surface area contributed by atoms with Crippen LogP contribution in [0.15, 0.2) is 49.1 Å². The first-order valence-corrected chi connectivity index (χ1v) is 4.74. The Morgan fingerprint density at radius 3 is 1.53 bits per heavy atom. The Hall–Kier alpha value is -1.74. The second-order valence-electron chi connectivity index (χ2n) is 3.54. The van der Waals surface area contributed by atoms with E-state index < -0.39 is 5.60 Å². The van der Waals surface area contributed by atoms with Gasteiger partial charge in [-0.1, -0.05) is 0 Å². The van der Waals surface area contributed by atoms with Crippen LogP contribution < -0.4 is 0 Å². The molecular weight excluding hydrogens is 188 g/mol. The maximum atomic E-state index is 10.4. The average molecular weight is 200 g/mol. The molecule has 2 rings (SSSR count). The van der Waals surface area contributed by atoms with Crippen molar-refractivity contribution in [3.05, 3.63) is 60.2 Å². The second-order valence-corrected chi connectivity index (χ2v) is 3.54. The van der Waals surface area contributed by atoms with Gasteiger partial charge in [0, 0.05) is 24.8 Å². The Morgan fingerprint density at radius 2 is 1.20 bits per heavy atom. The molecule has 2 heterocycles. The van der Waals surface area contributed by atoms with Crippen molar-refractivity contribution in [3.8, 4) is 0 Å². The Morgan fingerprint density at radius 1 is 0.867 bits per heavy atom. The van der Waals surface area contributed by atoms with Crippen LogP contribution in [0.1, 0.15) is 18.1 Å². The van der Waals surface area contributed by atoms with Gasteiger partial charge in [0.15, 0.2) is 0 Å². The lowest BCUT2D eigenvalue weighted by Gasteiger charge is -2.23. The van der Waals surface area contributed by atoms with Gasteiger partial charge in [0.05, 0.1) is 0 Å². The van der Waals surface area contributed by atoms with Crippen molar-refractivity contribution >= 4 is 0 Å². The van der Waals surface area contributed by atoms with Gasteiger partial charge in [0.25, 0.3) is 0 Å². The molecule has 0 spiro atoms. The summed E-state index contributed by atoms with van der Waals surface area (Å²) in [5.74, 6) is 0. The molecule has 0 aromatic carbocycles. The first kappa shape index (κ1) is 9.80. The van der Waals surface area contributed by atoms with E-state index in [0.29, 0.717) is 0 Å². The zero-order valence-electron chi connectivity index (χ0n) is 8.46. The van der Waals surface area contributed by atoms with Gasteiger partial charge in [0.1, 0.15) is 5.60 Å². The topological polar surface area (TPSA) is 46.0 Å². The highest BCUT2D eigenvalue weighted by atomic mass is 16.3. The van der Waals surface area contributed by atoms with Gasteiger partial charge in [-0.15, -0.1) is 0 Å². The standard InChI is InChI=1S/C12H12N2O/c1-12(15,10-2-6-13-7-3-10)11-4-8-14-9-5-11/h2-9,15H,1H3. The summed E-state index contributed by atoms with van der Waals surface area (Å²) in [5, 5.41) is 10.4. The number of rotatable bonds is 2. The molecule has 15 heavy (non-hydrogen) atoms. The lowest BCUT2D eigenvalue weighted by molar-refractivity contribution is 0.102. The normalized spacial score (nSPS) is 11.3. The summed E-state index contributed by atoms with van der Waals surface area (Å²) >= 11 is 0. The zero-order chi connectivity index (χ0) is 10.7. The third-order valence-corrected chi connectivity index (χ3v) is 2.48. The molecule has 2 aromatic heterocycles. The molecular formula is C12H12N2O. The minimum atomic E-state index is -0.994. The summed E-state index contributed by atoms with van der Waals surface area (Å²) in [6.45, 7) is 1.76.